The molecule has 2 aliphatic rings. The van der Waals surface area contributed by atoms with E-state index in [4.69, 9.17) is 33.7 Å². The molecular weight excluding hydrogens is 806 g/mol. The van der Waals surface area contributed by atoms with Crippen molar-refractivity contribution in [2.45, 2.75) is 153 Å². The number of aromatic amines is 1. The first-order valence-corrected chi connectivity index (χ1v) is 22.8. The Hall–Kier alpha value is -3.29. The fraction of sp³-hybridized carbons (Fsp3) is 0.775. The zero-order chi connectivity index (χ0) is 43.7. The number of nitrogens with two attached hydrogens (primary N) is 1. The molecule has 4 heterocycles. The van der Waals surface area contributed by atoms with Gasteiger partial charge in [0.05, 0.1) is 12.7 Å². The van der Waals surface area contributed by atoms with Gasteiger partial charge in [-0.25, -0.2) is 18.5 Å². The van der Waals surface area contributed by atoms with Crippen LogP contribution in [0, 0.1) is 5.92 Å². The third-order valence-corrected chi connectivity index (χ3v) is 12.3. The number of rotatable bonds is 28. The second kappa shape index (κ2) is 25.0. The van der Waals surface area contributed by atoms with Crippen LogP contribution in [0.3, 0.4) is 0 Å². The van der Waals surface area contributed by atoms with Crippen molar-refractivity contribution in [2.24, 2.45) is 5.92 Å². The number of hydrogen-bond acceptors (Lipinski definition) is 13. The minimum atomic E-state index is -4.69. The summed E-state index contributed by atoms with van der Waals surface area (Å²) in [5.41, 5.74) is 3.35. The van der Waals surface area contributed by atoms with E-state index in [1.165, 1.54) is 102 Å². The van der Waals surface area contributed by atoms with Gasteiger partial charge in [-0.2, -0.15) is 4.98 Å². The first kappa shape index (κ1) is 49.4. The van der Waals surface area contributed by atoms with E-state index in [0.717, 1.165) is 48.0 Å². The van der Waals surface area contributed by atoms with Gasteiger partial charge in [-0.1, -0.05) is 96.8 Å². The van der Waals surface area contributed by atoms with Crippen LogP contribution in [0.1, 0.15) is 122 Å². The van der Waals surface area contributed by atoms with Crippen molar-refractivity contribution in [1.82, 2.24) is 24.0 Å². The first-order valence-electron chi connectivity index (χ1n) is 21.3. The summed E-state index contributed by atoms with van der Waals surface area (Å²) < 4.78 is 64.6. The van der Waals surface area contributed by atoms with Crippen LogP contribution < -0.4 is 22.7 Å². The van der Waals surface area contributed by atoms with Gasteiger partial charge < -0.3 is 34.5 Å². The topological polar surface area (TPSA) is 229 Å². The molecule has 340 valence electrons. The van der Waals surface area contributed by atoms with Crippen molar-refractivity contribution in [3.05, 3.63) is 55.8 Å². The van der Waals surface area contributed by atoms with E-state index in [9.17, 15) is 28.6 Å². The van der Waals surface area contributed by atoms with E-state index in [1.54, 1.807) is 0 Å². The molecule has 60 heavy (non-hydrogen) atoms. The quantitative estimate of drug-likeness (QED) is 0.0755. The highest BCUT2D eigenvalue weighted by atomic mass is 31.2. The van der Waals surface area contributed by atoms with Crippen LogP contribution in [0.15, 0.2) is 38.9 Å². The molecule has 5 unspecified atom stereocenters. The number of nitrogens with zero attached hydrogens (tertiary/aromatic N) is 4. The maximum absolute atomic E-state index is 16.3. The number of hydrogen-bond donors (Lipinski definition) is 3. The zero-order valence-corrected chi connectivity index (χ0v) is 36.4. The Balaban J connectivity index is 1.48. The minimum Gasteiger partial charge on any atom is -0.383 e. The molecule has 0 aliphatic carbocycles. The van der Waals surface area contributed by atoms with Gasteiger partial charge in [0.15, 0.2) is 18.6 Å². The summed E-state index contributed by atoms with van der Waals surface area (Å²) in [5.74, 6) is -1.57. The Morgan fingerprint density at radius 1 is 0.883 bits per heavy atom. The van der Waals surface area contributed by atoms with Crippen molar-refractivity contribution in [2.75, 3.05) is 46.8 Å². The molecule has 20 heteroatoms. The monoisotopic (exact) mass is 872 g/mol. The highest BCUT2D eigenvalue weighted by Gasteiger charge is 2.52. The predicted molar refractivity (Wildman–Crippen MR) is 221 cm³/mol. The summed E-state index contributed by atoms with van der Waals surface area (Å²) in [4.78, 5) is 69.5. The molecule has 1 amide bonds. The summed E-state index contributed by atoms with van der Waals surface area (Å²) in [6.07, 6.45) is 10.3. The highest BCUT2D eigenvalue weighted by molar-refractivity contribution is 7.47. The lowest BCUT2D eigenvalue weighted by molar-refractivity contribution is -0.136. The number of phosphoric acid groups is 1. The number of alkyl halides is 1. The number of nitrogens with one attached hydrogen (secondary N) is 1. The largest absolute Gasteiger partial charge is 0.472 e. The summed E-state index contributed by atoms with van der Waals surface area (Å²) in [6.45, 7) is 2.16. The van der Waals surface area contributed by atoms with Gasteiger partial charge >= 0.3 is 19.2 Å². The van der Waals surface area contributed by atoms with Crippen LogP contribution in [0.25, 0.3) is 0 Å². The van der Waals surface area contributed by atoms with Crippen LogP contribution >= 0.6 is 7.82 Å². The Kier molecular flexibility index (Phi) is 20.5. The summed E-state index contributed by atoms with van der Waals surface area (Å²) >= 11 is 0. The van der Waals surface area contributed by atoms with Crippen LogP contribution in [0.5, 0.6) is 0 Å². The van der Waals surface area contributed by atoms with Gasteiger partial charge in [-0.15, -0.1) is 0 Å². The van der Waals surface area contributed by atoms with E-state index in [1.807, 2.05) is 0 Å². The van der Waals surface area contributed by atoms with Gasteiger partial charge in [0, 0.05) is 65.2 Å². The number of nitrogen functional groups attached to an aromatic ring is 1. The van der Waals surface area contributed by atoms with Gasteiger partial charge in [0.25, 0.3) is 5.56 Å². The Bertz CT molecular complexity index is 1830. The molecule has 9 atom stereocenters. The number of aromatic nitrogens is 4. The normalized spacial score (nSPS) is 25.1. The molecule has 2 fully saturated rings. The second-order valence-electron chi connectivity index (χ2n) is 15.7. The van der Waals surface area contributed by atoms with Crippen LogP contribution in [0.4, 0.5) is 10.2 Å². The number of unbranched alkanes of at least 4 members (excludes halogenated alkanes) is 14. The molecule has 0 radical (unpaired) electrons. The number of H-pyrrole nitrogens is 1. The molecule has 4 rings (SSSR count). The van der Waals surface area contributed by atoms with Crippen LogP contribution in [0.2, 0.25) is 0 Å². The number of ether oxygens (including phenoxy) is 4. The van der Waals surface area contributed by atoms with Crippen molar-refractivity contribution in [1.29, 1.82) is 0 Å². The Morgan fingerprint density at radius 2 is 1.47 bits per heavy atom. The molecule has 4 N–H and O–H groups in total. The summed E-state index contributed by atoms with van der Waals surface area (Å²) in [6, 6.07) is 2.45. The number of amides is 1. The maximum Gasteiger partial charge on any atom is 0.472 e. The average Bonchev–Trinajstić information content (AvgIpc) is 3.70. The van der Waals surface area contributed by atoms with Crippen molar-refractivity contribution < 1.29 is 46.6 Å². The Labute approximate surface area is 350 Å². The van der Waals surface area contributed by atoms with Crippen molar-refractivity contribution >= 4 is 19.5 Å². The van der Waals surface area contributed by atoms with E-state index in [2.05, 4.69) is 16.9 Å². The molecule has 0 saturated carbocycles. The minimum absolute atomic E-state index is 0.0397. The maximum atomic E-state index is 16.3. The molecule has 0 spiro atoms. The highest BCUT2D eigenvalue weighted by Crippen LogP contribution is 2.48. The molecule has 2 saturated heterocycles. The van der Waals surface area contributed by atoms with E-state index >= 15 is 4.39 Å². The lowest BCUT2D eigenvalue weighted by Crippen LogP contribution is -2.45. The first-order chi connectivity index (χ1) is 28.8. The zero-order valence-electron chi connectivity index (χ0n) is 35.5. The second-order valence-corrected chi connectivity index (χ2v) is 17.2. The third kappa shape index (κ3) is 14.4. The Morgan fingerprint density at radius 3 is 2.02 bits per heavy atom. The van der Waals surface area contributed by atoms with E-state index < -0.39 is 79.6 Å². The smallest absolute Gasteiger partial charge is 0.383 e. The van der Waals surface area contributed by atoms with Crippen molar-refractivity contribution in [3.8, 4) is 0 Å². The van der Waals surface area contributed by atoms with Crippen molar-refractivity contribution in [3.63, 3.8) is 0 Å². The molecule has 2 aromatic heterocycles. The number of carbonyl (C=O) groups excluding carboxylic acids is 1. The third-order valence-electron chi connectivity index (χ3n) is 11.3. The lowest BCUT2D eigenvalue weighted by atomic mass is 9.94. The molecule has 0 aromatic carbocycles. The van der Waals surface area contributed by atoms with Gasteiger partial charge in [0.1, 0.15) is 24.1 Å². The summed E-state index contributed by atoms with van der Waals surface area (Å²) in [5, 5.41) is 0. The van der Waals surface area contributed by atoms with E-state index in [0.29, 0.717) is 6.42 Å². The molecular formula is C40H66FN6O12P. The van der Waals surface area contributed by atoms with Gasteiger partial charge in [0.2, 0.25) is 5.91 Å². The standard InChI is InChI=1S/C40H66FN6O12P/c1-5-6-7-8-9-10-11-12-13-14-15-16-17-18-19-22-45(33(49)25-28-30(27-54-2)58-37(34(28)41)46-23-20-31(42)43-39(46)50)26-29-35(59-60(52,53)56-4)36(55-3)38(57-29)47-24-21-32(48)44-40(47)51/h20-21,23-24,28-30,34-38H,5-19,22,25-27H2,1-4H3,(H,52,53)(H2,42,43,50)(H,44,48,51)/t28?,29-,30-,34?,35?,36?,37-,38-/m1/s1. The fourth-order valence-corrected chi connectivity index (χ4v) is 8.65. The number of phosphoric ester groups is 1. The number of carbonyl (C=O) groups is 1. The predicted octanol–water partition coefficient (Wildman–Crippen LogP) is 5.01. The van der Waals surface area contributed by atoms with Gasteiger partial charge in [-0.05, 0) is 12.5 Å². The number of methoxy groups -OCH3 is 2. The number of halogens is 1. The molecule has 18 nitrogen and oxygen atoms in total. The SMILES string of the molecule is CCCCCCCCCCCCCCCCCN(C[C@H]1O[C@@H](n2ccc(=O)[nH]c2=O)C(OC)C1OP(=O)(O)OC)C(=O)CC1C(F)[C@H](n2ccc(N)nc2=O)O[C@@H]1COC. The molecule has 2 aromatic rings. The number of anilines is 1. The van der Waals surface area contributed by atoms with E-state index in [-0.39, 0.29) is 31.9 Å². The molecule has 2 aliphatic heterocycles. The van der Waals surface area contributed by atoms with Crippen LogP contribution in [-0.4, -0.2) is 106 Å². The lowest BCUT2D eigenvalue weighted by Gasteiger charge is -2.30. The summed E-state index contributed by atoms with van der Waals surface area (Å²) in [7, 11) is -1.00. The molecule has 0 bridgehead atoms. The fourth-order valence-electron chi connectivity index (χ4n) is 8.00. The van der Waals surface area contributed by atoms with Gasteiger partial charge in [-0.3, -0.25) is 32.8 Å². The average molecular weight is 873 g/mol. The van der Waals surface area contributed by atoms with Crippen LogP contribution in [-0.2, 0) is 37.4 Å².